The van der Waals surface area contributed by atoms with Crippen molar-refractivity contribution in [3.63, 3.8) is 0 Å². The van der Waals surface area contributed by atoms with Gasteiger partial charge in [-0.3, -0.25) is 4.90 Å². The lowest BCUT2D eigenvalue weighted by atomic mass is 10.0. The third kappa shape index (κ3) is 3.15. The molecule has 1 amide bonds. The van der Waals surface area contributed by atoms with E-state index in [0.717, 1.165) is 0 Å². The van der Waals surface area contributed by atoms with Crippen molar-refractivity contribution in [1.29, 1.82) is 0 Å². The molecule has 2 unspecified atom stereocenters. The summed E-state index contributed by atoms with van der Waals surface area (Å²) in [6.07, 6.45) is 1.21. The van der Waals surface area contributed by atoms with Crippen LogP contribution in [0.15, 0.2) is 16.8 Å². The maximum atomic E-state index is 12.0. The van der Waals surface area contributed by atoms with Crippen LogP contribution in [0.25, 0.3) is 0 Å². The minimum absolute atomic E-state index is 0.0451. The first kappa shape index (κ1) is 16.2. The van der Waals surface area contributed by atoms with Crippen LogP contribution in [-0.2, 0) is 4.74 Å². The summed E-state index contributed by atoms with van der Waals surface area (Å²) < 4.78 is 10.3. The summed E-state index contributed by atoms with van der Waals surface area (Å²) in [6, 6.07) is 1.39. The average Bonchev–Trinajstić information content (AvgIpc) is 3.13. The molecule has 0 saturated carbocycles. The Morgan fingerprint density at radius 2 is 2.12 bits per heavy atom. The first-order chi connectivity index (χ1) is 11.5. The molecule has 1 fully saturated rings. The molecule has 128 valence electrons. The van der Waals surface area contributed by atoms with Crippen LogP contribution < -0.4 is 10.2 Å². The van der Waals surface area contributed by atoms with Crippen molar-refractivity contribution in [2.24, 2.45) is 5.92 Å². The van der Waals surface area contributed by atoms with E-state index >= 15 is 0 Å². The van der Waals surface area contributed by atoms with Crippen LogP contribution in [0.3, 0.4) is 0 Å². The molecule has 1 aliphatic heterocycles. The number of aryl methyl sites for hydroxylation is 1. The summed E-state index contributed by atoms with van der Waals surface area (Å²) >= 11 is 0. The highest BCUT2D eigenvalue weighted by Gasteiger charge is 2.37. The summed E-state index contributed by atoms with van der Waals surface area (Å²) in [5.74, 6) is 2.14. The predicted molar refractivity (Wildman–Crippen MR) is 85.6 cm³/mol. The van der Waals surface area contributed by atoms with Crippen LogP contribution in [0.4, 0.5) is 16.6 Å². The molecule has 0 bridgehead atoms. The molecule has 1 N–H and O–H groups in total. The fourth-order valence-corrected chi connectivity index (χ4v) is 2.49. The van der Waals surface area contributed by atoms with Crippen LogP contribution in [-0.4, -0.2) is 38.9 Å². The number of anilines is 2. The van der Waals surface area contributed by atoms with Gasteiger partial charge in [0.25, 0.3) is 0 Å². The van der Waals surface area contributed by atoms with Crippen molar-refractivity contribution in [3.05, 3.63) is 24.0 Å². The Labute approximate surface area is 139 Å². The number of amides is 1. The van der Waals surface area contributed by atoms with Gasteiger partial charge in [0, 0.05) is 6.20 Å². The van der Waals surface area contributed by atoms with Gasteiger partial charge in [0.1, 0.15) is 18.5 Å². The second kappa shape index (κ2) is 6.42. The molecule has 1 saturated heterocycles. The maximum absolute atomic E-state index is 12.0. The van der Waals surface area contributed by atoms with E-state index in [1.807, 2.05) is 20.8 Å². The molecule has 2 atom stereocenters. The molecule has 0 spiro atoms. The number of carbonyl (C=O) groups excluding carboxylic acids is 1. The molecule has 3 rings (SSSR count). The quantitative estimate of drug-likeness (QED) is 0.889. The van der Waals surface area contributed by atoms with Crippen LogP contribution >= 0.6 is 0 Å². The largest absolute Gasteiger partial charge is 0.447 e. The van der Waals surface area contributed by atoms with Crippen molar-refractivity contribution >= 4 is 17.9 Å². The number of ether oxygens (including phenoxy) is 1. The number of nitrogens with zero attached hydrogens (tertiary/aromatic N) is 5. The third-order valence-corrected chi connectivity index (χ3v) is 3.82. The number of rotatable bonds is 5. The molecule has 1 aliphatic rings. The van der Waals surface area contributed by atoms with E-state index in [1.165, 1.54) is 0 Å². The minimum atomic E-state index is -0.390. The highest BCUT2D eigenvalue weighted by atomic mass is 16.6. The highest BCUT2D eigenvalue weighted by Crippen LogP contribution is 2.26. The molecular weight excluding hydrogens is 312 g/mol. The van der Waals surface area contributed by atoms with Gasteiger partial charge in [0.2, 0.25) is 11.8 Å². The highest BCUT2D eigenvalue weighted by molar-refractivity contribution is 5.89. The summed E-state index contributed by atoms with van der Waals surface area (Å²) in [6.45, 7) is 8.06. The Bertz CT molecular complexity index is 732. The molecule has 0 aliphatic carbocycles. The van der Waals surface area contributed by atoms with Gasteiger partial charge in [-0.05, 0) is 25.8 Å². The first-order valence-corrected chi connectivity index (χ1v) is 7.81. The summed E-state index contributed by atoms with van der Waals surface area (Å²) in [5.41, 5.74) is 0. The van der Waals surface area contributed by atoms with E-state index in [-0.39, 0.29) is 24.1 Å². The standard InChI is InChI=1S/C15H20N6O3/c1-8(2)11-7-23-15(22)21(11)12-5-6-16-14(19-12)17-9(3)13-18-10(4)20-24-13/h5-6,8-9,11H,7H2,1-4H3,(H,16,17,19). The lowest BCUT2D eigenvalue weighted by Crippen LogP contribution is -2.37. The Hall–Kier alpha value is -2.71. The van der Waals surface area contributed by atoms with E-state index in [9.17, 15) is 4.79 Å². The molecule has 3 heterocycles. The number of nitrogens with one attached hydrogen (secondary N) is 1. The monoisotopic (exact) mass is 332 g/mol. The molecule has 24 heavy (non-hydrogen) atoms. The molecule has 0 aromatic carbocycles. The third-order valence-electron chi connectivity index (χ3n) is 3.82. The van der Waals surface area contributed by atoms with E-state index < -0.39 is 0 Å². The maximum Gasteiger partial charge on any atom is 0.415 e. The summed E-state index contributed by atoms with van der Waals surface area (Å²) in [5, 5.41) is 6.86. The van der Waals surface area contributed by atoms with Gasteiger partial charge in [-0.25, -0.2) is 9.78 Å². The zero-order chi connectivity index (χ0) is 17.3. The van der Waals surface area contributed by atoms with Gasteiger partial charge in [-0.15, -0.1) is 0 Å². The summed E-state index contributed by atoms with van der Waals surface area (Å²) in [7, 11) is 0. The van der Waals surface area contributed by atoms with Crippen molar-refractivity contribution in [1.82, 2.24) is 20.1 Å². The van der Waals surface area contributed by atoms with Gasteiger partial charge in [0.15, 0.2) is 5.82 Å². The van der Waals surface area contributed by atoms with Gasteiger partial charge in [0.05, 0.1) is 6.04 Å². The average molecular weight is 332 g/mol. The molecule has 9 nitrogen and oxygen atoms in total. The smallest absolute Gasteiger partial charge is 0.415 e. The van der Waals surface area contributed by atoms with E-state index in [2.05, 4.69) is 25.4 Å². The van der Waals surface area contributed by atoms with Gasteiger partial charge < -0.3 is 14.6 Å². The van der Waals surface area contributed by atoms with Gasteiger partial charge in [-0.2, -0.15) is 9.97 Å². The van der Waals surface area contributed by atoms with Crippen LogP contribution in [0, 0.1) is 12.8 Å². The van der Waals surface area contributed by atoms with Crippen molar-refractivity contribution in [3.8, 4) is 0 Å². The van der Waals surface area contributed by atoms with E-state index in [0.29, 0.717) is 30.1 Å². The van der Waals surface area contributed by atoms with Crippen molar-refractivity contribution in [2.45, 2.75) is 39.8 Å². The number of cyclic esters (lactones) is 1. The fraction of sp³-hybridized carbons (Fsp3) is 0.533. The Morgan fingerprint density at radius 1 is 1.33 bits per heavy atom. The summed E-state index contributed by atoms with van der Waals surface area (Å²) in [4.78, 5) is 26.4. The lowest BCUT2D eigenvalue weighted by Gasteiger charge is -2.23. The van der Waals surface area contributed by atoms with E-state index in [1.54, 1.807) is 24.1 Å². The second-order valence-electron chi connectivity index (χ2n) is 6.04. The predicted octanol–water partition coefficient (Wildman–Crippen LogP) is 2.32. The van der Waals surface area contributed by atoms with Gasteiger partial charge in [-0.1, -0.05) is 19.0 Å². The topological polar surface area (TPSA) is 106 Å². The molecule has 0 radical (unpaired) electrons. The minimum Gasteiger partial charge on any atom is -0.447 e. The number of hydrogen-bond acceptors (Lipinski definition) is 8. The number of aromatic nitrogens is 4. The first-order valence-electron chi connectivity index (χ1n) is 7.81. The number of hydrogen-bond donors (Lipinski definition) is 1. The molecule has 9 heteroatoms. The SMILES string of the molecule is Cc1noc(C(C)Nc2nccc(N3C(=O)OCC3C(C)C)n2)n1. The zero-order valence-corrected chi connectivity index (χ0v) is 14.1. The lowest BCUT2D eigenvalue weighted by molar-refractivity contribution is 0.177. The number of carbonyl (C=O) groups is 1. The zero-order valence-electron chi connectivity index (χ0n) is 14.1. The van der Waals surface area contributed by atoms with Crippen LogP contribution in [0.1, 0.15) is 38.5 Å². The molecule has 2 aromatic rings. The van der Waals surface area contributed by atoms with Crippen LogP contribution in [0.5, 0.6) is 0 Å². The normalized spacial score (nSPS) is 18.8. The molecular formula is C15H20N6O3. The second-order valence-corrected chi connectivity index (χ2v) is 6.04. The Kier molecular flexibility index (Phi) is 4.32. The Balaban J connectivity index is 1.80. The van der Waals surface area contributed by atoms with E-state index in [4.69, 9.17) is 9.26 Å². The molecule has 2 aromatic heterocycles. The van der Waals surface area contributed by atoms with Crippen molar-refractivity contribution in [2.75, 3.05) is 16.8 Å². The Morgan fingerprint density at radius 3 is 2.79 bits per heavy atom. The van der Waals surface area contributed by atoms with Gasteiger partial charge >= 0.3 is 6.09 Å². The van der Waals surface area contributed by atoms with Crippen molar-refractivity contribution < 1.29 is 14.1 Å². The van der Waals surface area contributed by atoms with Crippen LogP contribution in [0.2, 0.25) is 0 Å². The fourth-order valence-electron chi connectivity index (χ4n) is 2.49.